The quantitative estimate of drug-likeness (QED) is 0.168. The first-order valence-corrected chi connectivity index (χ1v) is 17.3. The van der Waals surface area contributed by atoms with Gasteiger partial charge >= 0.3 is 0 Å². The first-order chi connectivity index (χ1) is 22.7. The third-order valence-electron chi connectivity index (χ3n) is 10.0. The van der Waals surface area contributed by atoms with Crippen LogP contribution in [0.1, 0.15) is 86.3 Å². The van der Waals surface area contributed by atoms with Gasteiger partial charge in [-0.1, -0.05) is 186 Å². The molecule has 0 unspecified atom stereocenters. The molecule has 0 radical (unpaired) electrons. The van der Waals surface area contributed by atoms with Crippen LogP contribution in [-0.2, 0) is 11.8 Å². The largest absolute Gasteiger partial charge is 0.0622 e. The maximum Gasteiger partial charge on any atom is 0.0159 e. The summed E-state index contributed by atoms with van der Waals surface area (Å²) < 4.78 is 0. The van der Waals surface area contributed by atoms with Gasteiger partial charge in [0.15, 0.2) is 0 Å². The van der Waals surface area contributed by atoms with Crippen molar-refractivity contribution < 1.29 is 0 Å². The van der Waals surface area contributed by atoms with Crippen molar-refractivity contribution in [2.24, 2.45) is 0 Å². The Morgan fingerprint density at radius 3 is 1.45 bits per heavy atom. The van der Waals surface area contributed by atoms with Gasteiger partial charge in [-0.15, -0.1) is 0 Å². The third kappa shape index (κ3) is 7.18. The fraction of sp³-hybridized carbons (Fsp3) is 0.234. The molecule has 0 bridgehead atoms. The predicted molar refractivity (Wildman–Crippen MR) is 203 cm³/mol. The zero-order chi connectivity index (χ0) is 33.0. The highest BCUT2D eigenvalue weighted by Crippen LogP contribution is 2.50. The van der Waals surface area contributed by atoms with Gasteiger partial charge in [0.1, 0.15) is 0 Å². The number of benzene rings is 6. The molecular weight excluding hydrogens is 565 g/mol. The van der Waals surface area contributed by atoms with Gasteiger partial charge in [-0.2, -0.15) is 0 Å². The van der Waals surface area contributed by atoms with Crippen molar-refractivity contribution in [1.29, 1.82) is 0 Å². The molecule has 0 amide bonds. The lowest BCUT2D eigenvalue weighted by atomic mass is 9.80. The number of fused-ring (bicyclic) bond motifs is 3. The van der Waals surface area contributed by atoms with E-state index in [2.05, 4.69) is 181 Å². The molecule has 0 heterocycles. The molecule has 0 spiro atoms. The van der Waals surface area contributed by atoms with Crippen molar-refractivity contribution in [3.05, 3.63) is 179 Å². The summed E-state index contributed by atoms with van der Waals surface area (Å²) in [5, 5.41) is 0. The molecule has 0 saturated carbocycles. The number of hydrogen-bond donors (Lipinski definition) is 0. The second-order valence-corrected chi connectivity index (χ2v) is 14.1. The minimum absolute atomic E-state index is 0.0541. The predicted octanol–water partition coefficient (Wildman–Crippen LogP) is 13.2. The summed E-state index contributed by atoms with van der Waals surface area (Å²) in [5.41, 5.74) is 16.6. The van der Waals surface area contributed by atoms with E-state index in [0.29, 0.717) is 11.8 Å². The summed E-state index contributed by atoms with van der Waals surface area (Å²) in [5.74, 6) is 1.09. The van der Waals surface area contributed by atoms with Crippen LogP contribution in [0, 0.1) is 6.92 Å². The van der Waals surface area contributed by atoms with Crippen LogP contribution in [-0.4, -0.2) is 0 Å². The minimum atomic E-state index is 0.0541. The van der Waals surface area contributed by atoms with Crippen molar-refractivity contribution in [3.63, 3.8) is 0 Å². The number of hydrogen-bond acceptors (Lipinski definition) is 0. The van der Waals surface area contributed by atoms with Crippen LogP contribution in [0.25, 0.3) is 33.4 Å². The van der Waals surface area contributed by atoms with Crippen LogP contribution >= 0.6 is 0 Å². The molecule has 47 heavy (non-hydrogen) atoms. The summed E-state index contributed by atoms with van der Waals surface area (Å²) in [4.78, 5) is 0. The van der Waals surface area contributed by atoms with Gasteiger partial charge in [0.25, 0.3) is 0 Å². The maximum absolute atomic E-state index is 2.49. The zero-order valence-corrected chi connectivity index (χ0v) is 28.9. The van der Waals surface area contributed by atoms with Crippen LogP contribution in [0.4, 0.5) is 0 Å². The molecular formula is C47H48. The van der Waals surface area contributed by atoms with Crippen molar-refractivity contribution in [1.82, 2.24) is 0 Å². The van der Waals surface area contributed by atoms with Crippen molar-refractivity contribution >= 4 is 0 Å². The summed E-state index contributed by atoms with van der Waals surface area (Å²) >= 11 is 0. The Kier molecular flexibility index (Phi) is 9.60. The molecule has 6 aromatic rings. The lowest BCUT2D eigenvalue weighted by Crippen LogP contribution is -2.16. The molecule has 7 rings (SSSR count). The third-order valence-corrected chi connectivity index (χ3v) is 10.0. The van der Waals surface area contributed by atoms with E-state index in [4.69, 9.17) is 0 Å². The van der Waals surface area contributed by atoms with Crippen molar-refractivity contribution in [2.45, 2.75) is 71.6 Å². The summed E-state index contributed by atoms with van der Waals surface area (Å²) in [6.45, 7) is 13.8. The molecule has 0 aliphatic heterocycles. The second-order valence-electron chi connectivity index (χ2n) is 14.1. The Hall–Kier alpha value is -4.68. The lowest BCUT2D eigenvalue weighted by Gasteiger charge is -2.24. The second kappa shape index (κ2) is 14.0. The standard InChI is InChI=1S/C34H36.C13H12/c1-23(2)28-17-19-30-31-20-18-29(22-33(31)34(4,5)32(30)21-28)24(3)11-12-25-13-15-27(16-14-25)26-9-7-6-8-10-26;1-11-7-9-13(10-8-11)12-5-3-2-4-6-12/h6-10,13-24H,11-12H2,1-5H3;2-10H,1H3/t24-;/m1./s1. The average Bonchev–Trinajstić information content (AvgIpc) is 3.34. The normalized spacial score (nSPS) is 13.3. The monoisotopic (exact) mass is 612 g/mol. The van der Waals surface area contributed by atoms with E-state index in [0.717, 1.165) is 12.8 Å². The summed E-state index contributed by atoms with van der Waals surface area (Å²) in [6.07, 6.45) is 2.27. The van der Waals surface area contributed by atoms with E-state index in [1.54, 1.807) is 0 Å². The molecule has 0 fully saturated rings. The van der Waals surface area contributed by atoms with Crippen LogP contribution in [0.5, 0.6) is 0 Å². The highest BCUT2D eigenvalue weighted by molar-refractivity contribution is 5.81. The molecule has 0 nitrogen and oxygen atoms in total. The lowest BCUT2D eigenvalue weighted by molar-refractivity contribution is 0.647. The van der Waals surface area contributed by atoms with Gasteiger partial charge in [0.05, 0.1) is 0 Å². The van der Waals surface area contributed by atoms with Crippen LogP contribution in [0.2, 0.25) is 0 Å². The molecule has 0 saturated heterocycles. The highest BCUT2D eigenvalue weighted by atomic mass is 14.4. The van der Waals surface area contributed by atoms with E-state index in [1.165, 1.54) is 66.8 Å². The van der Waals surface area contributed by atoms with Crippen LogP contribution < -0.4 is 0 Å². The van der Waals surface area contributed by atoms with Crippen LogP contribution in [0.15, 0.2) is 146 Å². The fourth-order valence-corrected chi connectivity index (χ4v) is 6.86. The molecule has 0 heteroatoms. The van der Waals surface area contributed by atoms with Crippen molar-refractivity contribution in [3.8, 4) is 33.4 Å². The topological polar surface area (TPSA) is 0 Å². The molecule has 236 valence electrons. The van der Waals surface area contributed by atoms with E-state index in [-0.39, 0.29) is 5.41 Å². The Bertz CT molecular complexity index is 1910. The van der Waals surface area contributed by atoms with E-state index >= 15 is 0 Å². The SMILES string of the molecule is CC(C)c1ccc2c(c1)C(C)(C)c1cc([C@H](C)CCc3ccc(-c4ccccc4)cc3)ccc1-2.Cc1ccc(-c2ccccc2)cc1. The molecule has 0 N–H and O–H groups in total. The van der Waals surface area contributed by atoms with Gasteiger partial charge in [-0.25, -0.2) is 0 Å². The van der Waals surface area contributed by atoms with Gasteiger partial charge in [0.2, 0.25) is 0 Å². The first kappa shape index (κ1) is 32.3. The van der Waals surface area contributed by atoms with Gasteiger partial charge < -0.3 is 0 Å². The smallest absolute Gasteiger partial charge is 0.0159 e. The van der Waals surface area contributed by atoms with Gasteiger partial charge in [-0.3, -0.25) is 0 Å². The van der Waals surface area contributed by atoms with E-state index in [9.17, 15) is 0 Å². The Morgan fingerprint density at radius 2 is 0.936 bits per heavy atom. The molecule has 0 aromatic heterocycles. The number of aryl methyl sites for hydroxylation is 2. The maximum atomic E-state index is 2.49. The molecule has 1 atom stereocenters. The molecule has 1 aliphatic rings. The molecule has 1 aliphatic carbocycles. The summed E-state index contributed by atoms with van der Waals surface area (Å²) in [7, 11) is 0. The summed E-state index contributed by atoms with van der Waals surface area (Å²) in [6, 6.07) is 53.1. The zero-order valence-electron chi connectivity index (χ0n) is 28.9. The van der Waals surface area contributed by atoms with E-state index in [1.807, 2.05) is 6.07 Å². The highest BCUT2D eigenvalue weighted by Gasteiger charge is 2.36. The van der Waals surface area contributed by atoms with Crippen LogP contribution in [0.3, 0.4) is 0 Å². The average molecular weight is 613 g/mol. The van der Waals surface area contributed by atoms with Gasteiger partial charge in [-0.05, 0) is 92.8 Å². The van der Waals surface area contributed by atoms with Crippen molar-refractivity contribution in [2.75, 3.05) is 0 Å². The Balaban J connectivity index is 0.000000248. The minimum Gasteiger partial charge on any atom is -0.0622 e. The Labute approximate surface area is 283 Å². The number of rotatable bonds is 7. The Morgan fingerprint density at radius 1 is 0.489 bits per heavy atom. The first-order valence-electron chi connectivity index (χ1n) is 17.3. The van der Waals surface area contributed by atoms with E-state index < -0.39 is 0 Å². The molecule has 6 aromatic carbocycles. The fourth-order valence-electron chi connectivity index (χ4n) is 6.86. The van der Waals surface area contributed by atoms with Gasteiger partial charge in [0, 0.05) is 5.41 Å².